The third-order valence-corrected chi connectivity index (χ3v) is 3.07. The van der Waals surface area contributed by atoms with Crippen molar-refractivity contribution in [3.63, 3.8) is 0 Å². The molecule has 0 aliphatic carbocycles. The fraction of sp³-hybridized carbons (Fsp3) is 0.571. The van der Waals surface area contributed by atoms with Crippen LogP contribution < -0.4 is 0 Å². The van der Waals surface area contributed by atoms with Crippen LogP contribution in [-0.4, -0.2) is 35.8 Å². The number of hydrogen-bond acceptors (Lipinski definition) is 3. The third-order valence-electron chi connectivity index (χ3n) is 3.07. The van der Waals surface area contributed by atoms with Crippen molar-refractivity contribution in [2.75, 3.05) is 19.7 Å². The Balaban J connectivity index is 2.21. The summed E-state index contributed by atoms with van der Waals surface area (Å²) in [7, 11) is 0. The van der Waals surface area contributed by atoms with Crippen molar-refractivity contribution < 1.29 is 14.2 Å². The zero-order chi connectivity index (χ0) is 13.1. The zero-order valence-corrected chi connectivity index (χ0v) is 10.8. The molecule has 2 rings (SSSR count). The summed E-state index contributed by atoms with van der Waals surface area (Å²) < 4.78 is 19.5. The minimum atomic E-state index is -0.384. The Hall–Kier alpha value is -0.970. The highest BCUT2D eigenvalue weighted by Crippen LogP contribution is 2.32. The van der Waals surface area contributed by atoms with E-state index in [2.05, 4.69) is 18.7 Å². The summed E-state index contributed by atoms with van der Waals surface area (Å²) in [6.07, 6.45) is -0.612. The van der Waals surface area contributed by atoms with Crippen molar-refractivity contribution in [2.24, 2.45) is 5.92 Å². The Morgan fingerprint density at radius 1 is 1.44 bits per heavy atom. The molecule has 3 nitrogen and oxygen atoms in total. The maximum absolute atomic E-state index is 13.8. The molecular weight excluding hydrogens is 233 g/mol. The average Bonchev–Trinajstić information content (AvgIpc) is 2.72. The molecule has 1 aliphatic heterocycles. The van der Waals surface area contributed by atoms with Crippen LogP contribution in [0.25, 0.3) is 0 Å². The first-order valence-corrected chi connectivity index (χ1v) is 6.36. The summed E-state index contributed by atoms with van der Waals surface area (Å²) in [4.78, 5) is 2.09. The highest BCUT2D eigenvalue weighted by atomic mass is 19.1. The van der Waals surface area contributed by atoms with Crippen LogP contribution in [0.5, 0.6) is 0 Å². The van der Waals surface area contributed by atoms with E-state index in [1.54, 1.807) is 12.1 Å². The highest BCUT2D eigenvalue weighted by Gasteiger charge is 2.34. The number of aliphatic hydroxyl groups is 1. The van der Waals surface area contributed by atoms with Crippen LogP contribution in [0.1, 0.15) is 25.6 Å². The Morgan fingerprint density at radius 2 is 2.17 bits per heavy atom. The second kappa shape index (κ2) is 5.78. The number of benzene rings is 1. The Morgan fingerprint density at radius 3 is 2.78 bits per heavy atom. The molecule has 0 aromatic heterocycles. The lowest BCUT2D eigenvalue weighted by Gasteiger charge is -2.24. The molecule has 1 aromatic carbocycles. The number of aliphatic hydroxyl groups excluding tert-OH is 1. The molecule has 100 valence electrons. The molecule has 4 heteroatoms. The van der Waals surface area contributed by atoms with Crippen LogP contribution in [0.3, 0.4) is 0 Å². The largest absolute Gasteiger partial charge is 0.394 e. The second-order valence-electron chi connectivity index (χ2n) is 5.16. The number of halogens is 1. The predicted molar refractivity (Wildman–Crippen MR) is 67.5 cm³/mol. The van der Waals surface area contributed by atoms with Crippen LogP contribution in [0.2, 0.25) is 0 Å². The van der Waals surface area contributed by atoms with Crippen LogP contribution >= 0.6 is 0 Å². The molecule has 2 unspecified atom stereocenters. The van der Waals surface area contributed by atoms with Gasteiger partial charge in [-0.25, -0.2) is 4.39 Å². The third kappa shape index (κ3) is 2.88. The van der Waals surface area contributed by atoms with Gasteiger partial charge in [-0.1, -0.05) is 32.0 Å². The predicted octanol–water partition coefficient (Wildman–Crippen LogP) is 2.17. The van der Waals surface area contributed by atoms with E-state index in [0.29, 0.717) is 18.0 Å². The Kier molecular flexibility index (Phi) is 4.32. The normalized spacial score (nSPS) is 24.9. The lowest BCUT2D eigenvalue weighted by atomic mass is 10.1. The second-order valence-corrected chi connectivity index (χ2v) is 5.16. The minimum Gasteiger partial charge on any atom is -0.394 e. The smallest absolute Gasteiger partial charge is 0.140 e. The van der Waals surface area contributed by atoms with Crippen molar-refractivity contribution in [2.45, 2.75) is 26.2 Å². The van der Waals surface area contributed by atoms with Crippen LogP contribution in [0.15, 0.2) is 24.3 Å². The molecule has 0 radical (unpaired) electrons. The number of nitrogens with zero attached hydrogens (tertiary/aromatic N) is 1. The van der Waals surface area contributed by atoms with Crippen LogP contribution in [-0.2, 0) is 4.74 Å². The standard InChI is InChI=1S/C14H20FNO2/c1-10(2)7-16-8-11(9-17)18-14(16)12-5-3-4-6-13(12)15/h3-6,10-11,14,17H,7-9H2,1-2H3. The minimum absolute atomic E-state index is 0.0282. The zero-order valence-electron chi connectivity index (χ0n) is 10.8. The van der Waals surface area contributed by atoms with E-state index in [1.807, 2.05) is 6.07 Å². The van der Waals surface area contributed by atoms with E-state index in [0.717, 1.165) is 6.54 Å². The van der Waals surface area contributed by atoms with Crippen molar-refractivity contribution in [3.8, 4) is 0 Å². The van der Waals surface area contributed by atoms with E-state index in [-0.39, 0.29) is 24.8 Å². The maximum Gasteiger partial charge on any atom is 0.140 e. The molecule has 0 saturated carbocycles. The fourth-order valence-corrected chi connectivity index (χ4v) is 2.35. The molecule has 1 N–H and O–H groups in total. The van der Waals surface area contributed by atoms with Gasteiger partial charge in [-0.15, -0.1) is 0 Å². The Bertz CT molecular complexity index is 397. The van der Waals surface area contributed by atoms with Gasteiger partial charge in [-0.05, 0) is 12.0 Å². The first-order valence-electron chi connectivity index (χ1n) is 6.36. The lowest BCUT2D eigenvalue weighted by Crippen LogP contribution is -2.29. The number of rotatable bonds is 4. The van der Waals surface area contributed by atoms with Gasteiger partial charge in [0.25, 0.3) is 0 Å². The SMILES string of the molecule is CC(C)CN1CC(CO)OC1c1ccccc1F. The number of hydrogen-bond donors (Lipinski definition) is 1. The number of ether oxygens (including phenoxy) is 1. The summed E-state index contributed by atoms with van der Waals surface area (Å²) in [5, 5.41) is 9.21. The Labute approximate surface area is 107 Å². The van der Waals surface area contributed by atoms with Crippen molar-refractivity contribution >= 4 is 0 Å². The molecule has 1 fully saturated rings. The molecule has 0 spiro atoms. The van der Waals surface area contributed by atoms with Crippen LogP contribution in [0.4, 0.5) is 4.39 Å². The van der Waals surface area contributed by atoms with Gasteiger partial charge in [0.15, 0.2) is 0 Å². The van der Waals surface area contributed by atoms with Crippen molar-refractivity contribution in [1.82, 2.24) is 4.90 Å². The summed E-state index contributed by atoms with van der Waals surface area (Å²) in [6, 6.07) is 6.66. The molecule has 0 bridgehead atoms. The molecule has 18 heavy (non-hydrogen) atoms. The van der Waals surface area contributed by atoms with Crippen molar-refractivity contribution in [1.29, 1.82) is 0 Å². The van der Waals surface area contributed by atoms with Gasteiger partial charge >= 0.3 is 0 Å². The fourth-order valence-electron chi connectivity index (χ4n) is 2.35. The molecular formula is C14H20FNO2. The van der Waals surface area contributed by atoms with E-state index in [4.69, 9.17) is 4.74 Å². The summed E-state index contributed by atoms with van der Waals surface area (Å²) in [5.41, 5.74) is 0.550. The summed E-state index contributed by atoms with van der Waals surface area (Å²) in [5.74, 6) is 0.218. The lowest BCUT2D eigenvalue weighted by molar-refractivity contribution is -0.0237. The molecule has 1 heterocycles. The molecule has 1 aliphatic rings. The van der Waals surface area contributed by atoms with Gasteiger partial charge in [0, 0.05) is 18.7 Å². The highest BCUT2D eigenvalue weighted by molar-refractivity contribution is 5.20. The maximum atomic E-state index is 13.8. The van der Waals surface area contributed by atoms with E-state index in [9.17, 15) is 9.50 Å². The first-order chi connectivity index (χ1) is 8.61. The quantitative estimate of drug-likeness (QED) is 0.892. The summed E-state index contributed by atoms with van der Waals surface area (Å²) in [6.45, 7) is 5.68. The molecule has 1 saturated heterocycles. The van der Waals surface area contributed by atoms with Gasteiger partial charge in [-0.2, -0.15) is 0 Å². The first kappa shape index (κ1) is 13.5. The molecule has 1 aromatic rings. The van der Waals surface area contributed by atoms with Gasteiger partial charge in [-0.3, -0.25) is 4.90 Å². The topological polar surface area (TPSA) is 32.7 Å². The van der Waals surface area contributed by atoms with Gasteiger partial charge in [0.1, 0.15) is 12.0 Å². The van der Waals surface area contributed by atoms with Crippen LogP contribution in [0, 0.1) is 11.7 Å². The van der Waals surface area contributed by atoms with Gasteiger partial charge in [0.2, 0.25) is 0 Å². The van der Waals surface area contributed by atoms with E-state index >= 15 is 0 Å². The van der Waals surface area contributed by atoms with Crippen molar-refractivity contribution in [3.05, 3.63) is 35.6 Å². The van der Waals surface area contributed by atoms with E-state index < -0.39 is 0 Å². The monoisotopic (exact) mass is 253 g/mol. The summed E-state index contributed by atoms with van der Waals surface area (Å²) >= 11 is 0. The van der Waals surface area contributed by atoms with E-state index in [1.165, 1.54) is 6.07 Å². The molecule has 0 amide bonds. The van der Waals surface area contributed by atoms with Gasteiger partial charge in [0.05, 0.1) is 12.7 Å². The molecule has 2 atom stereocenters. The average molecular weight is 253 g/mol. The van der Waals surface area contributed by atoms with Gasteiger partial charge < -0.3 is 9.84 Å².